The average Bonchev–Trinajstić information content (AvgIpc) is 3.36. The van der Waals surface area contributed by atoms with Crippen LogP contribution in [0.1, 0.15) is 58.6 Å². The summed E-state index contributed by atoms with van der Waals surface area (Å²) in [6.45, 7) is 9.75. The highest BCUT2D eigenvalue weighted by Crippen LogP contribution is 2.44. The van der Waals surface area contributed by atoms with Crippen LogP contribution in [0.2, 0.25) is 0 Å². The summed E-state index contributed by atoms with van der Waals surface area (Å²) in [4.78, 5) is 0. The Morgan fingerprint density at radius 2 is 1.85 bits per heavy atom. The van der Waals surface area contributed by atoms with Crippen molar-refractivity contribution in [1.82, 2.24) is 0 Å². The minimum absolute atomic E-state index is 0.0728. The van der Waals surface area contributed by atoms with Crippen molar-refractivity contribution in [3.63, 3.8) is 0 Å². The fourth-order valence-electron chi connectivity index (χ4n) is 4.39. The number of hydrogen-bond acceptors (Lipinski definition) is 5. The molecule has 180 valence electrons. The van der Waals surface area contributed by atoms with Crippen molar-refractivity contribution in [3.05, 3.63) is 64.8 Å². The van der Waals surface area contributed by atoms with Gasteiger partial charge in [-0.25, -0.2) is 0 Å². The van der Waals surface area contributed by atoms with Crippen LogP contribution in [-0.4, -0.2) is 27.0 Å². The van der Waals surface area contributed by atoms with Gasteiger partial charge in [0.15, 0.2) is 0 Å². The molecule has 5 heteroatoms. The third kappa shape index (κ3) is 5.00. The highest BCUT2D eigenvalue weighted by Gasteiger charge is 2.37. The molecule has 0 aliphatic carbocycles. The summed E-state index contributed by atoms with van der Waals surface area (Å²) in [5, 5.41) is 32.2. The van der Waals surface area contributed by atoms with Crippen molar-refractivity contribution in [3.8, 4) is 28.6 Å². The predicted octanol–water partition coefficient (Wildman–Crippen LogP) is 6.82. The maximum Gasteiger partial charge on any atom is 0.142 e. The molecule has 0 radical (unpaired) electrons. The molecule has 0 bridgehead atoms. The van der Waals surface area contributed by atoms with E-state index in [1.165, 1.54) is 11.1 Å². The van der Waals surface area contributed by atoms with E-state index in [-0.39, 0.29) is 11.5 Å². The molecule has 0 amide bonds. The molecule has 2 heterocycles. The zero-order chi connectivity index (χ0) is 24.6. The van der Waals surface area contributed by atoms with E-state index < -0.39 is 11.7 Å². The summed E-state index contributed by atoms with van der Waals surface area (Å²) in [7, 11) is 0. The largest absolute Gasteiger partial charge is 0.508 e. The molecular weight excluding hydrogens is 428 g/mol. The van der Waals surface area contributed by atoms with Gasteiger partial charge in [0.05, 0.1) is 5.60 Å². The SMILES string of the molecule is CC(C)=CCCC(C)=CCc1c(O)ccc2cc(-c3cc(O)cc4c3CC(C(C)(C)O)O4)oc12. The van der Waals surface area contributed by atoms with Crippen molar-refractivity contribution in [2.75, 3.05) is 0 Å². The number of allylic oxidation sites excluding steroid dienone is 4. The third-order valence-electron chi connectivity index (χ3n) is 6.42. The van der Waals surface area contributed by atoms with Crippen molar-refractivity contribution >= 4 is 11.0 Å². The van der Waals surface area contributed by atoms with Crippen LogP contribution in [0, 0.1) is 0 Å². The molecule has 0 spiro atoms. The highest BCUT2D eigenvalue weighted by molar-refractivity contribution is 5.88. The van der Waals surface area contributed by atoms with Crippen LogP contribution in [0.15, 0.2) is 58.0 Å². The maximum absolute atomic E-state index is 10.6. The van der Waals surface area contributed by atoms with Gasteiger partial charge in [-0.2, -0.15) is 0 Å². The number of rotatable bonds is 7. The molecule has 0 saturated carbocycles. The fraction of sp³-hybridized carbons (Fsp3) is 0.379. The van der Waals surface area contributed by atoms with Gasteiger partial charge < -0.3 is 24.5 Å². The van der Waals surface area contributed by atoms with Crippen molar-refractivity contribution in [2.45, 2.75) is 72.0 Å². The van der Waals surface area contributed by atoms with E-state index in [0.717, 1.165) is 34.9 Å². The summed E-state index contributed by atoms with van der Waals surface area (Å²) < 4.78 is 12.2. The van der Waals surface area contributed by atoms with E-state index >= 15 is 0 Å². The van der Waals surface area contributed by atoms with Gasteiger partial charge in [0.1, 0.15) is 34.7 Å². The van der Waals surface area contributed by atoms with Gasteiger partial charge in [0.25, 0.3) is 0 Å². The normalized spacial score (nSPS) is 15.9. The highest BCUT2D eigenvalue weighted by atomic mass is 16.5. The van der Waals surface area contributed by atoms with E-state index in [4.69, 9.17) is 9.15 Å². The van der Waals surface area contributed by atoms with Crippen molar-refractivity contribution in [2.24, 2.45) is 0 Å². The number of furan rings is 1. The first-order chi connectivity index (χ1) is 16.0. The molecule has 2 aromatic carbocycles. The molecule has 0 fully saturated rings. The molecule has 3 aromatic rings. The lowest BCUT2D eigenvalue weighted by Crippen LogP contribution is -2.39. The van der Waals surface area contributed by atoms with Crippen LogP contribution in [-0.2, 0) is 12.8 Å². The lowest BCUT2D eigenvalue weighted by molar-refractivity contribution is -0.0230. The minimum atomic E-state index is -1.02. The number of aliphatic hydroxyl groups is 1. The second kappa shape index (κ2) is 9.22. The quantitative estimate of drug-likeness (QED) is 0.336. The van der Waals surface area contributed by atoms with E-state index in [2.05, 4.69) is 32.9 Å². The molecule has 1 aliphatic heterocycles. The molecule has 4 rings (SSSR count). The summed E-state index contributed by atoms with van der Waals surface area (Å²) >= 11 is 0. The van der Waals surface area contributed by atoms with Gasteiger partial charge in [-0.15, -0.1) is 0 Å². The Labute approximate surface area is 201 Å². The van der Waals surface area contributed by atoms with Crippen LogP contribution < -0.4 is 4.74 Å². The number of benzene rings is 2. The first-order valence-corrected chi connectivity index (χ1v) is 11.8. The zero-order valence-electron chi connectivity index (χ0n) is 20.6. The number of hydrogen-bond donors (Lipinski definition) is 3. The summed E-state index contributed by atoms with van der Waals surface area (Å²) in [5.74, 6) is 1.43. The van der Waals surface area contributed by atoms with E-state index in [9.17, 15) is 15.3 Å². The van der Waals surface area contributed by atoms with Gasteiger partial charge >= 0.3 is 0 Å². The van der Waals surface area contributed by atoms with Crippen LogP contribution in [0.25, 0.3) is 22.3 Å². The van der Waals surface area contributed by atoms with Crippen LogP contribution in [0.3, 0.4) is 0 Å². The van der Waals surface area contributed by atoms with Gasteiger partial charge in [0.2, 0.25) is 0 Å². The molecule has 1 aromatic heterocycles. The Morgan fingerprint density at radius 3 is 2.56 bits per heavy atom. The Morgan fingerprint density at radius 1 is 1.09 bits per heavy atom. The average molecular weight is 463 g/mol. The van der Waals surface area contributed by atoms with E-state index in [1.807, 2.05) is 12.1 Å². The third-order valence-corrected chi connectivity index (χ3v) is 6.42. The molecular formula is C29H34O5. The summed E-state index contributed by atoms with van der Waals surface area (Å²) in [6, 6.07) is 8.71. The first kappa shape index (κ1) is 24.0. The number of ether oxygens (including phenoxy) is 1. The van der Waals surface area contributed by atoms with Crippen molar-refractivity contribution < 1.29 is 24.5 Å². The summed E-state index contributed by atoms with van der Waals surface area (Å²) in [6.07, 6.45) is 7.02. The topological polar surface area (TPSA) is 83.1 Å². The number of phenols is 2. The lowest BCUT2D eigenvalue weighted by atomic mass is 9.94. The van der Waals surface area contributed by atoms with Crippen LogP contribution in [0.5, 0.6) is 17.2 Å². The number of phenolic OH excluding ortho intramolecular Hbond substituents is 2. The summed E-state index contributed by atoms with van der Waals surface area (Å²) in [5.41, 5.74) is 4.57. The van der Waals surface area contributed by atoms with Crippen LogP contribution >= 0.6 is 0 Å². The number of aromatic hydroxyl groups is 2. The Balaban J connectivity index is 1.68. The Hall–Kier alpha value is -3.18. The van der Waals surface area contributed by atoms with Crippen molar-refractivity contribution in [1.29, 1.82) is 0 Å². The predicted molar refractivity (Wildman–Crippen MR) is 136 cm³/mol. The molecule has 1 unspecified atom stereocenters. The standard InChI is InChI=1S/C29H34O5/c1-17(2)7-6-8-18(3)9-11-21-24(31)12-10-19-13-25(34-28(19)21)22-14-20(30)15-26-23(22)16-27(33-26)29(4,5)32/h7,9-10,12-15,27,30-32H,6,8,11,16H2,1-5H3. The van der Waals surface area contributed by atoms with Gasteiger partial charge in [-0.05, 0) is 78.1 Å². The Kier molecular flexibility index (Phi) is 6.50. The smallest absolute Gasteiger partial charge is 0.142 e. The minimum Gasteiger partial charge on any atom is -0.508 e. The molecule has 34 heavy (non-hydrogen) atoms. The van der Waals surface area contributed by atoms with Gasteiger partial charge in [-0.3, -0.25) is 0 Å². The second-order valence-electron chi connectivity index (χ2n) is 10.1. The van der Waals surface area contributed by atoms with Gasteiger partial charge in [0, 0.05) is 34.6 Å². The molecule has 1 aliphatic rings. The zero-order valence-corrected chi connectivity index (χ0v) is 20.6. The monoisotopic (exact) mass is 462 g/mol. The molecule has 3 N–H and O–H groups in total. The molecule has 1 atom stereocenters. The second-order valence-corrected chi connectivity index (χ2v) is 10.1. The maximum atomic E-state index is 10.6. The lowest BCUT2D eigenvalue weighted by Gasteiger charge is -2.24. The molecule has 0 saturated heterocycles. The van der Waals surface area contributed by atoms with Gasteiger partial charge in [-0.1, -0.05) is 23.3 Å². The van der Waals surface area contributed by atoms with E-state index in [0.29, 0.717) is 29.9 Å². The van der Waals surface area contributed by atoms with Crippen LogP contribution in [0.4, 0.5) is 0 Å². The Bertz CT molecular complexity index is 1270. The molecule has 5 nitrogen and oxygen atoms in total. The van der Waals surface area contributed by atoms with E-state index in [1.54, 1.807) is 32.0 Å². The fourth-order valence-corrected chi connectivity index (χ4v) is 4.39. The number of fused-ring (bicyclic) bond motifs is 2. The first-order valence-electron chi connectivity index (χ1n) is 11.8.